The maximum absolute atomic E-state index is 2.45. The third-order valence-corrected chi connectivity index (χ3v) is 27.0. The molecule has 0 unspecified atom stereocenters. The normalized spacial score (nSPS) is 11.6. The maximum atomic E-state index is 2.45. The van der Waals surface area contributed by atoms with Crippen LogP contribution in [0.2, 0.25) is 0 Å². The fraction of sp³-hybridized carbons (Fsp3) is 0. The Morgan fingerprint density at radius 3 is 0.746 bits per heavy atom. The second-order valence-electron chi connectivity index (χ2n) is 34.6. The summed E-state index contributed by atoms with van der Waals surface area (Å²) in [5.41, 5.74) is 25.0. The van der Waals surface area contributed by atoms with Gasteiger partial charge in [-0.05, 0) is 280 Å². The van der Waals surface area contributed by atoms with Crippen molar-refractivity contribution in [1.82, 2.24) is 9.13 Å². The van der Waals surface area contributed by atoms with Crippen molar-refractivity contribution in [3.05, 3.63) is 522 Å². The van der Waals surface area contributed by atoms with Crippen molar-refractivity contribution in [1.29, 1.82) is 0 Å². The lowest BCUT2D eigenvalue weighted by atomic mass is 9.93. The number of anilines is 12. The van der Waals surface area contributed by atoms with Crippen LogP contribution in [0.3, 0.4) is 0 Å². The molecule has 0 spiro atoms. The molecule has 0 N–H and O–H groups in total. The van der Waals surface area contributed by atoms with Gasteiger partial charge in [-0.25, -0.2) is 0 Å². The van der Waals surface area contributed by atoms with Gasteiger partial charge in [-0.2, -0.15) is 0 Å². The number of fused-ring (bicyclic) bond motifs is 20. The fourth-order valence-corrected chi connectivity index (χ4v) is 21.1. The number of benzene rings is 24. The molecule has 0 aliphatic rings. The summed E-state index contributed by atoms with van der Waals surface area (Å²) in [7, 11) is 0. The summed E-state index contributed by atoms with van der Waals surface area (Å²) in [6, 6.07) is 190. The molecule has 2 heterocycles. The van der Waals surface area contributed by atoms with Crippen molar-refractivity contribution in [2.45, 2.75) is 0 Å². The summed E-state index contributed by atoms with van der Waals surface area (Å²) < 4.78 is 4.76. The van der Waals surface area contributed by atoms with Gasteiger partial charge in [0.15, 0.2) is 0 Å². The number of aromatic nitrogens is 2. The lowest BCUT2D eigenvalue weighted by Crippen LogP contribution is -2.13. The summed E-state index contributed by atoms with van der Waals surface area (Å²) in [6.07, 6.45) is 0. The molecule has 2 aromatic heterocycles. The molecule has 0 aliphatic heterocycles. The van der Waals surface area contributed by atoms with E-state index in [4.69, 9.17) is 0 Å². The largest absolute Gasteiger partial charge is 0.311 e. The zero-order valence-electron chi connectivity index (χ0n) is 73.3. The topological polar surface area (TPSA) is 22.8 Å². The van der Waals surface area contributed by atoms with Crippen LogP contribution in [0.25, 0.3) is 163 Å². The molecule has 0 radical (unpaired) electrons. The minimum Gasteiger partial charge on any atom is -0.311 e. The maximum Gasteiger partial charge on any atom is 0.0541 e. The molecule has 628 valence electrons. The zero-order chi connectivity index (χ0) is 88.5. The summed E-state index contributed by atoms with van der Waals surface area (Å²) in [6.45, 7) is 0. The molecule has 6 nitrogen and oxygen atoms in total. The van der Waals surface area contributed by atoms with Gasteiger partial charge in [-0.15, -0.1) is 0 Å². The first kappa shape index (κ1) is 78.4. The molecule has 6 heteroatoms. The van der Waals surface area contributed by atoms with Crippen LogP contribution in [0.1, 0.15) is 0 Å². The standard InChI is InChI=1S/2C64H43N3/c1-4-18-45(19-5-1)65(46-20-6-2-7-21-46)48-33-35-49(36-34-48)66(50-37-38-57-55-27-11-10-25-53(55)54-26-12-13-28-56(54)60(57)43-50)63-41-39-51(52-24-14-15-29-58(52)63)44-32-40-64-61(42-44)59-30-16-17-31-62(59)67(64)47-22-8-3-9-23-47;1-4-18-46(19-5-1)65(47-20-6-2-7-21-47)62-40-41-63(57-29-15-14-28-56(57)62)66(50-37-38-55-53-26-11-10-24-51(53)52-25-12-13-27-54(52)59(55)43-50)49-35-32-44(33-36-49)45-34-39-64-60(42-45)58-30-16-17-31-61(58)67(64)48-22-8-3-9-23-48/h2*1-43H. The molecule has 0 amide bonds. The minimum atomic E-state index is 1.07. The Morgan fingerprint density at radius 1 is 0.119 bits per heavy atom. The summed E-state index contributed by atoms with van der Waals surface area (Å²) in [5, 5.41) is 24.7. The van der Waals surface area contributed by atoms with Crippen LogP contribution in [0.5, 0.6) is 0 Å². The van der Waals surface area contributed by atoms with Crippen LogP contribution >= 0.6 is 0 Å². The van der Waals surface area contributed by atoms with Crippen molar-refractivity contribution < 1.29 is 0 Å². The molecule has 0 aliphatic carbocycles. The van der Waals surface area contributed by atoms with E-state index in [9.17, 15) is 0 Å². The highest BCUT2D eigenvalue weighted by molar-refractivity contribution is 6.28. The van der Waals surface area contributed by atoms with Gasteiger partial charge in [0.25, 0.3) is 0 Å². The summed E-state index contributed by atoms with van der Waals surface area (Å²) in [5.74, 6) is 0. The van der Waals surface area contributed by atoms with Crippen LogP contribution < -0.4 is 19.6 Å². The quantitative estimate of drug-likeness (QED) is 0.0900. The molecule has 0 fully saturated rings. The molecule has 24 aromatic carbocycles. The molecule has 0 bridgehead atoms. The highest BCUT2D eigenvalue weighted by atomic mass is 15.2. The second kappa shape index (κ2) is 33.3. The van der Waals surface area contributed by atoms with Crippen molar-refractivity contribution >= 4 is 198 Å². The third kappa shape index (κ3) is 13.6. The predicted molar refractivity (Wildman–Crippen MR) is 571 cm³/mol. The van der Waals surface area contributed by atoms with E-state index in [0.29, 0.717) is 0 Å². The van der Waals surface area contributed by atoms with E-state index >= 15 is 0 Å². The van der Waals surface area contributed by atoms with E-state index in [0.717, 1.165) is 90.4 Å². The minimum absolute atomic E-state index is 1.07. The smallest absolute Gasteiger partial charge is 0.0541 e. The van der Waals surface area contributed by atoms with E-state index < -0.39 is 0 Å². The van der Waals surface area contributed by atoms with Gasteiger partial charge in [-0.3, -0.25) is 0 Å². The Kier molecular flexibility index (Phi) is 19.5. The highest BCUT2D eigenvalue weighted by Crippen LogP contribution is 2.51. The fourth-order valence-electron chi connectivity index (χ4n) is 21.1. The Labute approximate surface area is 776 Å². The van der Waals surface area contributed by atoms with Gasteiger partial charge >= 0.3 is 0 Å². The van der Waals surface area contributed by atoms with Crippen molar-refractivity contribution in [2.75, 3.05) is 19.6 Å². The Bertz CT molecular complexity index is 8680. The first-order chi connectivity index (χ1) is 66.5. The molecule has 0 saturated carbocycles. The van der Waals surface area contributed by atoms with Gasteiger partial charge in [0.05, 0.1) is 39.1 Å². The van der Waals surface area contributed by atoms with E-state index in [1.165, 1.54) is 141 Å². The molecular weight excluding hydrogens is 1620 g/mol. The average molecular weight is 1710 g/mol. The van der Waals surface area contributed by atoms with Crippen LogP contribution in [0.15, 0.2) is 522 Å². The van der Waals surface area contributed by atoms with Crippen molar-refractivity contribution in [3.63, 3.8) is 0 Å². The zero-order valence-corrected chi connectivity index (χ0v) is 73.3. The first-order valence-electron chi connectivity index (χ1n) is 46.0. The van der Waals surface area contributed by atoms with E-state index in [2.05, 4.69) is 550 Å². The van der Waals surface area contributed by atoms with Crippen LogP contribution in [0.4, 0.5) is 68.2 Å². The van der Waals surface area contributed by atoms with Crippen molar-refractivity contribution in [3.8, 4) is 33.6 Å². The third-order valence-electron chi connectivity index (χ3n) is 27.0. The van der Waals surface area contributed by atoms with E-state index in [1.54, 1.807) is 0 Å². The molecule has 134 heavy (non-hydrogen) atoms. The number of hydrogen-bond donors (Lipinski definition) is 0. The summed E-state index contributed by atoms with van der Waals surface area (Å²) >= 11 is 0. The van der Waals surface area contributed by atoms with Crippen LogP contribution in [-0.4, -0.2) is 9.13 Å². The summed E-state index contributed by atoms with van der Waals surface area (Å²) in [4.78, 5) is 9.59. The lowest BCUT2D eigenvalue weighted by Gasteiger charge is -2.31. The number of rotatable bonds is 16. The van der Waals surface area contributed by atoms with Crippen LogP contribution in [0, 0.1) is 0 Å². The Hall–Kier alpha value is -17.8. The molecule has 0 saturated heterocycles. The lowest BCUT2D eigenvalue weighted by molar-refractivity contribution is 1.18. The average Bonchev–Trinajstić information content (AvgIpc) is 1.28. The Morgan fingerprint density at radius 2 is 0.358 bits per heavy atom. The molecule has 26 rings (SSSR count). The van der Waals surface area contributed by atoms with Gasteiger partial charge in [0.1, 0.15) is 0 Å². The number of para-hydroxylation sites is 8. The van der Waals surface area contributed by atoms with Gasteiger partial charge in [-0.1, -0.05) is 334 Å². The number of nitrogens with zero attached hydrogens (tertiary/aromatic N) is 6. The number of hydrogen-bond acceptors (Lipinski definition) is 4. The molecule has 26 aromatic rings. The molecule has 0 atom stereocenters. The second-order valence-corrected chi connectivity index (χ2v) is 34.6. The predicted octanol–water partition coefficient (Wildman–Crippen LogP) is 36.0. The van der Waals surface area contributed by atoms with Gasteiger partial charge < -0.3 is 28.7 Å². The Balaban J connectivity index is 0.000000143. The molecular formula is C128H86N6. The van der Waals surface area contributed by atoms with Crippen LogP contribution in [-0.2, 0) is 0 Å². The van der Waals surface area contributed by atoms with E-state index in [-0.39, 0.29) is 0 Å². The van der Waals surface area contributed by atoms with Gasteiger partial charge in [0, 0.05) is 100 Å². The SMILES string of the molecule is c1ccc(N(c2ccccc2)c2ccc(N(c3ccc(-c4ccc5c(c4)c4ccccc4n5-c4ccccc4)cc3)c3ccc4c5ccccc5c5ccccc5c4c3)c3ccccc23)cc1.c1ccc(N(c2ccccc2)c2ccc(N(c3ccc4c5ccccc5c5ccccc5c4c3)c3ccc(-c4ccc5c(c4)c4ccccc4n5-c4ccccc4)c4ccccc34)cc2)cc1. The first-order valence-corrected chi connectivity index (χ1v) is 46.0. The van der Waals surface area contributed by atoms with Gasteiger partial charge in [0.2, 0.25) is 0 Å². The van der Waals surface area contributed by atoms with E-state index in [1.807, 2.05) is 0 Å². The highest BCUT2D eigenvalue weighted by Gasteiger charge is 2.27. The monoisotopic (exact) mass is 1710 g/mol. The van der Waals surface area contributed by atoms with Crippen molar-refractivity contribution in [2.24, 2.45) is 0 Å².